The van der Waals surface area contributed by atoms with Gasteiger partial charge in [-0.2, -0.15) is 0 Å². The van der Waals surface area contributed by atoms with Crippen LogP contribution in [0.25, 0.3) is 0 Å². The van der Waals surface area contributed by atoms with Gasteiger partial charge in [0.25, 0.3) is 0 Å². The van der Waals surface area contributed by atoms with Crippen molar-refractivity contribution in [2.24, 2.45) is 0 Å². The predicted molar refractivity (Wildman–Crippen MR) is 101 cm³/mol. The Morgan fingerprint density at radius 3 is 1.65 bits per heavy atom. The molecule has 0 fully saturated rings. The van der Waals surface area contributed by atoms with Crippen molar-refractivity contribution in [2.45, 2.75) is 39.7 Å². The quantitative estimate of drug-likeness (QED) is 0.372. The SMILES string of the molecule is CCCNCCOCCOCCOCCOCCNC(=O)OC(C)(C)C. The summed E-state index contributed by atoms with van der Waals surface area (Å²) in [4.78, 5) is 11.4. The van der Waals surface area contributed by atoms with Crippen molar-refractivity contribution in [1.29, 1.82) is 0 Å². The maximum absolute atomic E-state index is 11.4. The highest BCUT2D eigenvalue weighted by molar-refractivity contribution is 5.67. The van der Waals surface area contributed by atoms with Crippen LogP contribution in [0.3, 0.4) is 0 Å². The Morgan fingerprint density at radius 1 is 0.731 bits per heavy atom. The molecule has 8 heteroatoms. The summed E-state index contributed by atoms with van der Waals surface area (Å²) in [5, 5.41) is 5.89. The smallest absolute Gasteiger partial charge is 0.407 e. The number of rotatable bonds is 17. The van der Waals surface area contributed by atoms with Crippen LogP contribution in [0.1, 0.15) is 34.1 Å². The Hall–Kier alpha value is -0.930. The first kappa shape index (κ1) is 25.1. The fourth-order valence-corrected chi connectivity index (χ4v) is 1.75. The summed E-state index contributed by atoms with van der Waals surface area (Å²) in [6.45, 7) is 14.3. The monoisotopic (exact) mass is 378 g/mol. The fraction of sp³-hybridized carbons (Fsp3) is 0.944. The Bertz CT molecular complexity index is 323. The molecule has 0 bridgehead atoms. The van der Waals surface area contributed by atoms with E-state index in [2.05, 4.69) is 17.6 Å². The molecule has 0 aromatic rings. The normalized spacial score (nSPS) is 11.5. The molecular weight excluding hydrogens is 340 g/mol. The highest BCUT2D eigenvalue weighted by Gasteiger charge is 2.15. The molecule has 0 atom stereocenters. The van der Waals surface area contributed by atoms with E-state index in [9.17, 15) is 4.79 Å². The van der Waals surface area contributed by atoms with Gasteiger partial charge in [-0.1, -0.05) is 6.92 Å². The maximum Gasteiger partial charge on any atom is 0.407 e. The van der Waals surface area contributed by atoms with E-state index in [-0.39, 0.29) is 0 Å². The van der Waals surface area contributed by atoms with Crippen molar-refractivity contribution in [2.75, 3.05) is 72.5 Å². The third-order valence-corrected chi connectivity index (χ3v) is 2.88. The summed E-state index contributed by atoms with van der Waals surface area (Å²) in [5.74, 6) is 0. The van der Waals surface area contributed by atoms with Crippen molar-refractivity contribution in [3.8, 4) is 0 Å². The number of hydrogen-bond acceptors (Lipinski definition) is 7. The summed E-state index contributed by atoms with van der Waals surface area (Å²) < 4.78 is 26.7. The van der Waals surface area contributed by atoms with Gasteiger partial charge < -0.3 is 34.3 Å². The van der Waals surface area contributed by atoms with Gasteiger partial charge in [0.1, 0.15) is 5.60 Å². The summed E-state index contributed by atoms with van der Waals surface area (Å²) in [6.07, 6.45) is 0.701. The van der Waals surface area contributed by atoms with Crippen LogP contribution < -0.4 is 10.6 Å². The second kappa shape index (κ2) is 17.5. The first-order chi connectivity index (χ1) is 12.5. The van der Waals surface area contributed by atoms with Crippen LogP contribution in [0.15, 0.2) is 0 Å². The zero-order chi connectivity index (χ0) is 19.5. The number of carbonyl (C=O) groups is 1. The van der Waals surface area contributed by atoms with Crippen LogP contribution >= 0.6 is 0 Å². The lowest BCUT2D eigenvalue weighted by atomic mass is 10.2. The number of carbonyl (C=O) groups excluding carboxylic acids is 1. The van der Waals surface area contributed by atoms with Gasteiger partial charge in [-0.25, -0.2) is 4.79 Å². The summed E-state index contributed by atoms with van der Waals surface area (Å²) >= 11 is 0. The molecule has 0 heterocycles. The van der Waals surface area contributed by atoms with Gasteiger partial charge in [0.2, 0.25) is 0 Å². The lowest BCUT2D eigenvalue weighted by Gasteiger charge is -2.19. The van der Waals surface area contributed by atoms with Crippen LogP contribution in [0.2, 0.25) is 0 Å². The molecule has 0 saturated carbocycles. The van der Waals surface area contributed by atoms with Gasteiger partial charge in [-0.15, -0.1) is 0 Å². The molecule has 156 valence electrons. The molecule has 8 nitrogen and oxygen atoms in total. The first-order valence-electron chi connectivity index (χ1n) is 9.44. The molecule has 0 spiro atoms. The number of amides is 1. The van der Waals surface area contributed by atoms with Crippen molar-refractivity contribution in [3.63, 3.8) is 0 Å². The third-order valence-electron chi connectivity index (χ3n) is 2.88. The van der Waals surface area contributed by atoms with Crippen LogP contribution in [-0.2, 0) is 23.7 Å². The molecule has 0 aromatic heterocycles. The van der Waals surface area contributed by atoms with E-state index in [1.54, 1.807) is 0 Å². The van der Waals surface area contributed by atoms with Crippen LogP contribution in [0, 0.1) is 0 Å². The Kier molecular flexibility index (Phi) is 16.9. The lowest BCUT2D eigenvalue weighted by Crippen LogP contribution is -2.34. The van der Waals surface area contributed by atoms with Crippen molar-refractivity contribution < 1.29 is 28.5 Å². The standard InChI is InChI=1S/C18H38N2O6/c1-5-6-19-7-9-22-11-13-24-15-16-25-14-12-23-10-8-20-17(21)26-18(2,3)4/h19H,5-16H2,1-4H3,(H,20,21). The fourth-order valence-electron chi connectivity index (χ4n) is 1.75. The second-order valence-corrected chi connectivity index (χ2v) is 6.63. The first-order valence-corrected chi connectivity index (χ1v) is 9.44. The van der Waals surface area contributed by atoms with E-state index in [0.717, 1.165) is 19.5 Å². The number of alkyl carbamates (subject to hydrolysis) is 1. The maximum atomic E-state index is 11.4. The molecule has 0 unspecified atom stereocenters. The number of nitrogens with one attached hydrogen (secondary N) is 2. The molecule has 1 amide bonds. The predicted octanol–water partition coefficient (Wildman–Crippen LogP) is 1.58. The molecule has 26 heavy (non-hydrogen) atoms. The summed E-state index contributed by atoms with van der Waals surface area (Å²) in [6, 6.07) is 0. The van der Waals surface area contributed by atoms with Gasteiger partial charge in [0.15, 0.2) is 0 Å². The molecule has 0 aliphatic carbocycles. The van der Waals surface area contributed by atoms with E-state index in [4.69, 9.17) is 23.7 Å². The Morgan fingerprint density at radius 2 is 1.19 bits per heavy atom. The molecule has 0 aliphatic rings. The van der Waals surface area contributed by atoms with Crippen LogP contribution in [-0.4, -0.2) is 84.2 Å². The zero-order valence-electron chi connectivity index (χ0n) is 16.9. The molecule has 0 aromatic carbocycles. The minimum absolute atomic E-state index is 0.409. The van der Waals surface area contributed by atoms with Crippen molar-refractivity contribution >= 4 is 6.09 Å². The minimum atomic E-state index is -0.487. The largest absolute Gasteiger partial charge is 0.444 e. The van der Waals surface area contributed by atoms with E-state index in [1.807, 2.05) is 20.8 Å². The van der Waals surface area contributed by atoms with Crippen molar-refractivity contribution in [1.82, 2.24) is 10.6 Å². The average Bonchev–Trinajstić information content (AvgIpc) is 2.56. The molecule has 0 aliphatic heterocycles. The van der Waals surface area contributed by atoms with E-state index in [1.165, 1.54) is 0 Å². The molecule has 2 N–H and O–H groups in total. The number of ether oxygens (including phenoxy) is 5. The van der Waals surface area contributed by atoms with E-state index in [0.29, 0.717) is 59.4 Å². The Balaban J connectivity index is 3.12. The zero-order valence-corrected chi connectivity index (χ0v) is 16.9. The lowest BCUT2D eigenvalue weighted by molar-refractivity contribution is -0.00145. The summed E-state index contributed by atoms with van der Waals surface area (Å²) in [5.41, 5.74) is -0.487. The van der Waals surface area contributed by atoms with Crippen molar-refractivity contribution in [3.05, 3.63) is 0 Å². The van der Waals surface area contributed by atoms with E-state index < -0.39 is 11.7 Å². The van der Waals surface area contributed by atoms with Gasteiger partial charge in [-0.3, -0.25) is 0 Å². The van der Waals surface area contributed by atoms with Gasteiger partial charge in [-0.05, 0) is 33.7 Å². The van der Waals surface area contributed by atoms with E-state index >= 15 is 0 Å². The molecule has 0 saturated heterocycles. The topological polar surface area (TPSA) is 87.3 Å². The Labute approximate surface area is 158 Å². The highest BCUT2D eigenvalue weighted by Crippen LogP contribution is 2.05. The summed E-state index contributed by atoms with van der Waals surface area (Å²) in [7, 11) is 0. The average molecular weight is 379 g/mol. The number of hydrogen-bond donors (Lipinski definition) is 2. The van der Waals surface area contributed by atoms with Gasteiger partial charge >= 0.3 is 6.09 Å². The van der Waals surface area contributed by atoms with Crippen LogP contribution in [0.5, 0.6) is 0 Å². The molecular formula is C18H38N2O6. The second-order valence-electron chi connectivity index (χ2n) is 6.63. The van der Waals surface area contributed by atoms with Gasteiger partial charge in [0, 0.05) is 13.1 Å². The highest BCUT2D eigenvalue weighted by atomic mass is 16.6. The molecule has 0 radical (unpaired) electrons. The van der Waals surface area contributed by atoms with Gasteiger partial charge in [0.05, 0.1) is 52.9 Å². The van der Waals surface area contributed by atoms with Crippen LogP contribution in [0.4, 0.5) is 4.79 Å². The third kappa shape index (κ3) is 21.1. The molecule has 0 rings (SSSR count). The minimum Gasteiger partial charge on any atom is -0.444 e.